The molecule has 2 aromatic carbocycles. The lowest BCUT2D eigenvalue weighted by Gasteiger charge is -2.39. The molecule has 4 nitrogen and oxygen atoms in total. The molecule has 3 aromatic rings. The van der Waals surface area contributed by atoms with E-state index >= 15 is 0 Å². The average Bonchev–Trinajstić information content (AvgIpc) is 3.04. The van der Waals surface area contributed by atoms with Crippen LogP contribution in [0.5, 0.6) is 0 Å². The van der Waals surface area contributed by atoms with Crippen molar-refractivity contribution in [1.82, 2.24) is 4.57 Å². The first-order valence-electron chi connectivity index (χ1n) is 11.9. The third-order valence-electron chi connectivity index (χ3n) is 7.43. The van der Waals surface area contributed by atoms with E-state index in [0.717, 1.165) is 25.9 Å². The van der Waals surface area contributed by atoms with E-state index in [9.17, 15) is 4.79 Å². The second kappa shape index (κ2) is 7.68. The molecule has 0 bridgehead atoms. The zero-order valence-corrected chi connectivity index (χ0v) is 19.9. The average molecular weight is 431 g/mol. The first-order chi connectivity index (χ1) is 15.3. The minimum atomic E-state index is -0.105. The molecule has 0 radical (unpaired) electrons. The van der Waals surface area contributed by atoms with Crippen LogP contribution in [-0.4, -0.2) is 30.7 Å². The number of hydrogen-bond acceptors (Lipinski definition) is 3. The molecule has 0 unspecified atom stereocenters. The van der Waals surface area contributed by atoms with Gasteiger partial charge in [-0.2, -0.15) is 0 Å². The lowest BCUT2D eigenvalue weighted by Crippen LogP contribution is -2.50. The highest BCUT2D eigenvalue weighted by Crippen LogP contribution is 2.42. The van der Waals surface area contributed by atoms with E-state index in [0.29, 0.717) is 11.3 Å². The number of carbonyl (C=O) groups excluding carboxylic acids is 1. The molecule has 168 valence electrons. The highest BCUT2D eigenvalue weighted by molar-refractivity contribution is 5.89. The molecule has 1 aliphatic carbocycles. The molecule has 1 saturated heterocycles. The van der Waals surface area contributed by atoms with Gasteiger partial charge >= 0.3 is 5.97 Å². The van der Waals surface area contributed by atoms with Crippen LogP contribution < -0.4 is 4.90 Å². The van der Waals surface area contributed by atoms with Crippen molar-refractivity contribution in [3.05, 3.63) is 59.3 Å². The molecule has 32 heavy (non-hydrogen) atoms. The summed E-state index contributed by atoms with van der Waals surface area (Å²) < 4.78 is 7.40. The summed E-state index contributed by atoms with van der Waals surface area (Å²) in [6.07, 6.45) is 3.44. The Morgan fingerprint density at radius 3 is 2.56 bits per heavy atom. The van der Waals surface area contributed by atoms with Crippen LogP contribution in [0.15, 0.2) is 42.5 Å². The first kappa shape index (κ1) is 21.1. The van der Waals surface area contributed by atoms with Crippen LogP contribution in [0.25, 0.3) is 16.6 Å². The van der Waals surface area contributed by atoms with Crippen LogP contribution in [0, 0.1) is 11.3 Å². The van der Waals surface area contributed by atoms with E-state index in [2.05, 4.69) is 79.6 Å². The van der Waals surface area contributed by atoms with Gasteiger partial charge in [0.15, 0.2) is 0 Å². The lowest BCUT2D eigenvalue weighted by atomic mass is 9.76. The Morgan fingerprint density at radius 1 is 1.09 bits per heavy atom. The largest absolute Gasteiger partial charge is 0.469 e. The van der Waals surface area contributed by atoms with Crippen molar-refractivity contribution in [2.75, 3.05) is 25.1 Å². The molecule has 0 saturated carbocycles. The fourth-order valence-corrected chi connectivity index (χ4v) is 5.40. The van der Waals surface area contributed by atoms with Gasteiger partial charge in [0.2, 0.25) is 0 Å². The van der Waals surface area contributed by atoms with E-state index in [-0.39, 0.29) is 11.9 Å². The number of nitrogens with zero attached hydrogens (tertiary/aromatic N) is 2. The number of anilines is 1. The van der Waals surface area contributed by atoms with Crippen LogP contribution in [0.1, 0.15) is 56.9 Å². The monoisotopic (exact) mass is 430 g/mol. The van der Waals surface area contributed by atoms with Crippen molar-refractivity contribution in [3.63, 3.8) is 0 Å². The quantitative estimate of drug-likeness (QED) is 0.485. The molecule has 1 aliphatic heterocycles. The predicted molar refractivity (Wildman–Crippen MR) is 131 cm³/mol. The van der Waals surface area contributed by atoms with E-state index in [4.69, 9.17) is 4.74 Å². The van der Waals surface area contributed by atoms with Gasteiger partial charge in [-0.1, -0.05) is 39.8 Å². The van der Waals surface area contributed by atoms with Crippen LogP contribution in [0.4, 0.5) is 5.69 Å². The standard InChI is InChI=1S/C28H34N2O2/c1-18(2)19-9-10-25-23(13-19)24-15-28(3,4)12-11-26(24)30(25)22-8-6-7-21(14-22)29-16-20(17-29)27(31)32-5/h6-10,13-14,18,20H,11-12,15-17H2,1-5H3. The fraction of sp³-hybridized carbons (Fsp3) is 0.464. The number of benzene rings is 2. The van der Waals surface area contributed by atoms with Gasteiger partial charge < -0.3 is 14.2 Å². The third kappa shape index (κ3) is 3.50. The fourth-order valence-electron chi connectivity index (χ4n) is 5.40. The zero-order valence-electron chi connectivity index (χ0n) is 19.9. The number of ether oxygens (including phenoxy) is 1. The van der Waals surface area contributed by atoms with Crippen LogP contribution in [0.2, 0.25) is 0 Å². The number of rotatable bonds is 4. The van der Waals surface area contributed by atoms with E-state index in [1.165, 1.54) is 52.6 Å². The maximum absolute atomic E-state index is 11.8. The molecule has 1 aromatic heterocycles. The summed E-state index contributed by atoms with van der Waals surface area (Å²) in [6.45, 7) is 10.8. The minimum absolute atomic E-state index is 0.0134. The van der Waals surface area contributed by atoms with Gasteiger partial charge in [0, 0.05) is 35.5 Å². The lowest BCUT2D eigenvalue weighted by molar-refractivity contribution is -0.146. The van der Waals surface area contributed by atoms with Gasteiger partial charge in [-0.05, 0) is 72.1 Å². The van der Waals surface area contributed by atoms with Gasteiger partial charge in [0.05, 0.1) is 18.5 Å². The van der Waals surface area contributed by atoms with Gasteiger partial charge in [0.1, 0.15) is 0 Å². The molecular formula is C28H34N2O2. The van der Waals surface area contributed by atoms with Crippen molar-refractivity contribution in [1.29, 1.82) is 0 Å². The third-order valence-corrected chi connectivity index (χ3v) is 7.43. The molecule has 1 fully saturated rings. The Hall–Kier alpha value is -2.75. The second-order valence-corrected chi connectivity index (χ2v) is 10.7. The van der Waals surface area contributed by atoms with E-state index in [1.807, 2.05) is 0 Å². The van der Waals surface area contributed by atoms with Gasteiger partial charge in [-0.15, -0.1) is 0 Å². The van der Waals surface area contributed by atoms with Gasteiger partial charge in [-0.25, -0.2) is 0 Å². The minimum Gasteiger partial charge on any atom is -0.469 e. The Balaban J connectivity index is 1.59. The molecule has 2 heterocycles. The Labute approximate surface area is 191 Å². The number of hydrogen-bond donors (Lipinski definition) is 0. The summed E-state index contributed by atoms with van der Waals surface area (Å²) in [5, 5.41) is 1.42. The summed E-state index contributed by atoms with van der Waals surface area (Å²) in [6, 6.07) is 15.8. The molecule has 2 aliphatic rings. The zero-order chi connectivity index (χ0) is 22.6. The summed E-state index contributed by atoms with van der Waals surface area (Å²) in [4.78, 5) is 14.1. The Bertz CT molecular complexity index is 1180. The Kier molecular flexibility index (Phi) is 5.07. The number of fused-ring (bicyclic) bond motifs is 3. The van der Waals surface area contributed by atoms with Crippen molar-refractivity contribution in [2.24, 2.45) is 11.3 Å². The topological polar surface area (TPSA) is 34.5 Å². The number of esters is 1. The highest BCUT2D eigenvalue weighted by atomic mass is 16.5. The summed E-state index contributed by atoms with van der Waals surface area (Å²) in [5.74, 6) is 0.402. The molecule has 0 atom stereocenters. The van der Waals surface area contributed by atoms with Crippen molar-refractivity contribution >= 4 is 22.6 Å². The number of aromatic nitrogens is 1. The van der Waals surface area contributed by atoms with Gasteiger partial charge in [0.25, 0.3) is 0 Å². The van der Waals surface area contributed by atoms with Crippen molar-refractivity contribution < 1.29 is 9.53 Å². The normalized spacial score (nSPS) is 18.0. The van der Waals surface area contributed by atoms with Crippen LogP contribution in [-0.2, 0) is 22.4 Å². The van der Waals surface area contributed by atoms with Crippen LogP contribution >= 0.6 is 0 Å². The Morgan fingerprint density at radius 2 is 1.84 bits per heavy atom. The summed E-state index contributed by atoms with van der Waals surface area (Å²) >= 11 is 0. The molecule has 0 N–H and O–H groups in total. The van der Waals surface area contributed by atoms with E-state index in [1.54, 1.807) is 0 Å². The predicted octanol–water partition coefficient (Wildman–Crippen LogP) is 5.88. The summed E-state index contributed by atoms with van der Waals surface area (Å²) in [7, 11) is 1.47. The number of carbonyl (C=O) groups is 1. The van der Waals surface area contributed by atoms with Crippen LogP contribution in [0.3, 0.4) is 0 Å². The SMILES string of the molecule is COC(=O)C1CN(c2cccc(-n3c4c(c5cc(C(C)C)ccc53)CC(C)(C)CC4)c2)C1. The van der Waals surface area contributed by atoms with E-state index < -0.39 is 0 Å². The van der Waals surface area contributed by atoms with Crippen molar-refractivity contribution in [3.8, 4) is 5.69 Å². The first-order valence-corrected chi connectivity index (χ1v) is 11.9. The highest BCUT2D eigenvalue weighted by Gasteiger charge is 2.34. The maximum atomic E-state index is 11.8. The molecule has 4 heteroatoms. The maximum Gasteiger partial charge on any atom is 0.312 e. The number of methoxy groups -OCH3 is 1. The molecular weight excluding hydrogens is 396 g/mol. The smallest absolute Gasteiger partial charge is 0.312 e. The molecule has 0 amide bonds. The van der Waals surface area contributed by atoms with Gasteiger partial charge in [-0.3, -0.25) is 4.79 Å². The summed E-state index contributed by atoms with van der Waals surface area (Å²) in [5.41, 5.74) is 8.43. The second-order valence-electron chi connectivity index (χ2n) is 10.7. The molecule has 5 rings (SSSR count). The molecule has 0 spiro atoms. The van der Waals surface area contributed by atoms with Crippen molar-refractivity contribution in [2.45, 2.75) is 52.9 Å².